The summed E-state index contributed by atoms with van der Waals surface area (Å²) in [6, 6.07) is 14.9. The molecule has 0 radical (unpaired) electrons. The summed E-state index contributed by atoms with van der Waals surface area (Å²) in [4.78, 5) is 43.8. The molecule has 1 unspecified atom stereocenters. The minimum Gasteiger partial charge on any atom is -0.339 e. The van der Waals surface area contributed by atoms with Crippen LogP contribution in [0.5, 0.6) is 0 Å². The number of amides is 3. The highest BCUT2D eigenvalue weighted by Gasteiger charge is 2.38. The molecule has 2 aliphatic rings. The van der Waals surface area contributed by atoms with Crippen LogP contribution >= 0.6 is 11.6 Å². The maximum Gasteiger partial charge on any atom is 0.255 e. The standard InChI is InChI=1S/C24H26ClN3O3/c1-2-17-7-3-6-10-21(17)28-16-18(15-22(28)29)23(30)26-11-13-27(14-12-26)24(31)19-8-4-5-9-20(19)25/h3-10,18H,2,11-16H2,1H3. The van der Waals surface area contributed by atoms with Crippen molar-refractivity contribution in [3.63, 3.8) is 0 Å². The molecular weight excluding hydrogens is 414 g/mol. The van der Waals surface area contributed by atoms with Crippen molar-refractivity contribution in [3.8, 4) is 0 Å². The van der Waals surface area contributed by atoms with Crippen molar-refractivity contribution in [1.82, 2.24) is 9.80 Å². The van der Waals surface area contributed by atoms with Crippen molar-refractivity contribution in [3.05, 3.63) is 64.7 Å². The number of hydrogen-bond acceptors (Lipinski definition) is 3. The molecule has 2 aromatic carbocycles. The van der Waals surface area contributed by atoms with Gasteiger partial charge in [-0.25, -0.2) is 0 Å². The van der Waals surface area contributed by atoms with E-state index in [0.29, 0.717) is 43.3 Å². The van der Waals surface area contributed by atoms with E-state index in [1.54, 1.807) is 39.0 Å². The van der Waals surface area contributed by atoms with Crippen molar-refractivity contribution in [2.75, 3.05) is 37.6 Å². The zero-order valence-corrected chi connectivity index (χ0v) is 18.3. The lowest BCUT2D eigenvalue weighted by Crippen LogP contribution is -2.52. The van der Waals surface area contributed by atoms with E-state index in [1.165, 1.54) is 0 Å². The number of anilines is 1. The Morgan fingerprint density at radius 2 is 1.61 bits per heavy atom. The van der Waals surface area contributed by atoms with Gasteiger partial charge in [-0.2, -0.15) is 0 Å². The van der Waals surface area contributed by atoms with Crippen LogP contribution in [-0.4, -0.2) is 60.2 Å². The average Bonchev–Trinajstić information content (AvgIpc) is 3.20. The fourth-order valence-electron chi connectivity index (χ4n) is 4.37. The zero-order chi connectivity index (χ0) is 22.0. The lowest BCUT2D eigenvalue weighted by atomic mass is 10.1. The Kier molecular flexibility index (Phi) is 6.28. The van der Waals surface area contributed by atoms with Gasteiger partial charge in [0.1, 0.15) is 0 Å². The van der Waals surface area contributed by atoms with Crippen LogP contribution in [-0.2, 0) is 16.0 Å². The van der Waals surface area contributed by atoms with Gasteiger partial charge in [0.05, 0.1) is 16.5 Å². The number of carbonyl (C=O) groups is 3. The van der Waals surface area contributed by atoms with Crippen molar-refractivity contribution in [2.45, 2.75) is 19.8 Å². The number of aryl methyl sites for hydroxylation is 1. The molecule has 7 heteroatoms. The normalized spacial score (nSPS) is 19.1. The van der Waals surface area contributed by atoms with Gasteiger partial charge in [-0.15, -0.1) is 0 Å². The van der Waals surface area contributed by atoms with Gasteiger partial charge in [0.2, 0.25) is 11.8 Å². The number of rotatable bonds is 4. The summed E-state index contributed by atoms with van der Waals surface area (Å²) >= 11 is 6.15. The molecule has 31 heavy (non-hydrogen) atoms. The second-order valence-corrected chi connectivity index (χ2v) is 8.39. The summed E-state index contributed by atoms with van der Waals surface area (Å²) in [5, 5.41) is 0.433. The number of benzene rings is 2. The quantitative estimate of drug-likeness (QED) is 0.734. The highest BCUT2D eigenvalue weighted by atomic mass is 35.5. The van der Waals surface area contributed by atoms with Crippen LogP contribution in [0.15, 0.2) is 48.5 Å². The smallest absolute Gasteiger partial charge is 0.255 e. The molecule has 2 fully saturated rings. The molecule has 2 saturated heterocycles. The van der Waals surface area contributed by atoms with E-state index in [2.05, 4.69) is 6.92 Å². The van der Waals surface area contributed by atoms with E-state index >= 15 is 0 Å². The maximum atomic E-state index is 13.1. The number of hydrogen-bond donors (Lipinski definition) is 0. The van der Waals surface area contributed by atoms with Gasteiger partial charge < -0.3 is 14.7 Å². The van der Waals surface area contributed by atoms with E-state index in [4.69, 9.17) is 11.6 Å². The third-order valence-corrected chi connectivity index (χ3v) is 6.45. The van der Waals surface area contributed by atoms with Gasteiger partial charge in [0.25, 0.3) is 5.91 Å². The largest absolute Gasteiger partial charge is 0.339 e. The van der Waals surface area contributed by atoms with Crippen LogP contribution in [0.25, 0.3) is 0 Å². The van der Waals surface area contributed by atoms with Gasteiger partial charge in [0, 0.05) is 44.8 Å². The highest BCUT2D eigenvalue weighted by Crippen LogP contribution is 2.29. The molecule has 162 valence electrons. The Balaban J connectivity index is 1.38. The fourth-order valence-corrected chi connectivity index (χ4v) is 4.59. The summed E-state index contributed by atoms with van der Waals surface area (Å²) in [7, 11) is 0. The summed E-state index contributed by atoms with van der Waals surface area (Å²) in [6.45, 7) is 4.31. The molecule has 0 aliphatic carbocycles. The summed E-state index contributed by atoms with van der Waals surface area (Å²) in [5.74, 6) is -0.472. The van der Waals surface area contributed by atoms with Crippen molar-refractivity contribution in [1.29, 1.82) is 0 Å². The molecule has 0 saturated carbocycles. The number of carbonyl (C=O) groups excluding carboxylic acids is 3. The summed E-state index contributed by atoms with van der Waals surface area (Å²) in [5.41, 5.74) is 2.49. The Hall–Kier alpha value is -2.86. The van der Waals surface area contributed by atoms with E-state index in [9.17, 15) is 14.4 Å². The van der Waals surface area contributed by atoms with Crippen LogP contribution in [0.1, 0.15) is 29.3 Å². The van der Waals surface area contributed by atoms with Gasteiger partial charge in [-0.05, 0) is 30.2 Å². The maximum absolute atomic E-state index is 13.1. The zero-order valence-electron chi connectivity index (χ0n) is 17.6. The second-order valence-electron chi connectivity index (χ2n) is 7.98. The first-order valence-electron chi connectivity index (χ1n) is 10.7. The van der Waals surface area contributed by atoms with Crippen LogP contribution in [0.2, 0.25) is 5.02 Å². The molecule has 0 N–H and O–H groups in total. The minimum absolute atomic E-state index is 0.00493. The van der Waals surface area contributed by atoms with E-state index in [-0.39, 0.29) is 30.1 Å². The Morgan fingerprint density at radius 1 is 0.968 bits per heavy atom. The first-order valence-corrected chi connectivity index (χ1v) is 11.1. The molecule has 2 aliphatic heterocycles. The van der Waals surface area contributed by atoms with Gasteiger partial charge in [0.15, 0.2) is 0 Å². The van der Waals surface area contributed by atoms with Gasteiger partial charge >= 0.3 is 0 Å². The third-order valence-electron chi connectivity index (χ3n) is 6.12. The van der Waals surface area contributed by atoms with Crippen molar-refractivity contribution < 1.29 is 14.4 Å². The first kappa shape index (κ1) is 21.4. The molecule has 6 nitrogen and oxygen atoms in total. The fraction of sp³-hybridized carbons (Fsp3) is 0.375. The second kappa shape index (κ2) is 9.10. The van der Waals surface area contributed by atoms with Crippen LogP contribution in [0, 0.1) is 5.92 Å². The molecule has 2 aromatic rings. The predicted octanol–water partition coefficient (Wildman–Crippen LogP) is 3.24. The number of para-hydroxylation sites is 1. The predicted molar refractivity (Wildman–Crippen MR) is 120 cm³/mol. The van der Waals surface area contributed by atoms with E-state index < -0.39 is 0 Å². The topological polar surface area (TPSA) is 60.9 Å². The average molecular weight is 440 g/mol. The monoisotopic (exact) mass is 439 g/mol. The lowest BCUT2D eigenvalue weighted by Gasteiger charge is -2.36. The SMILES string of the molecule is CCc1ccccc1N1CC(C(=O)N2CCN(C(=O)c3ccccc3Cl)CC2)CC1=O. The Bertz CT molecular complexity index is 1000. The van der Waals surface area contributed by atoms with Gasteiger partial charge in [-0.1, -0.05) is 48.9 Å². The van der Waals surface area contributed by atoms with Crippen LogP contribution < -0.4 is 4.90 Å². The first-order chi connectivity index (χ1) is 15.0. The van der Waals surface area contributed by atoms with Crippen LogP contribution in [0.3, 0.4) is 0 Å². The minimum atomic E-state index is -0.344. The lowest BCUT2D eigenvalue weighted by molar-refractivity contribution is -0.137. The third kappa shape index (κ3) is 4.30. The molecule has 1 atom stereocenters. The molecule has 3 amide bonds. The van der Waals surface area contributed by atoms with E-state index in [1.807, 2.05) is 24.3 Å². The van der Waals surface area contributed by atoms with Crippen molar-refractivity contribution in [2.24, 2.45) is 5.92 Å². The molecule has 4 rings (SSSR count). The Labute approximate surface area is 187 Å². The highest BCUT2D eigenvalue weighted by molar-refractivity contribution is 6.33. The summed E-state index contributed by atoms with van der Waals surface area (Å²) in [6.07, 6.45) is 1.07. The van der Waals surface area contributed by atoms with Gasteiger partial charge in [-0.3, -0.25) is 14.4 Å². The molecule has 0 bridgehead atoms. The summed E-state index contributed by atoms with van der Waals surface area (Å²) < 4.78 is 0. The number of piperazine rings is 1. The van der Waals surface area contributed by atoms with Crippen LogP contribution in [0.4, 0.5) is 5.69 Å². The molecule has 0 aromatic heterocycles. The molecule has 2 heterocycles. The molecule has 0 spiro atoms. The number of nitrogens with zero attached hydrogens (tertiary/aromatic N) is 3. The van der Waals surface area contributed by atoms with E-state index in [0.717, 1.165) is 17.7 Å². The number of halogens is 1. The Morgan fingerprint density at radius 3 is 2.32 bits per heavy atom. The van der Waals surface area contributed by atoms with Crippen molar-refractivity contribution >= 4 is 35.0 Å². The molecular formula is C24H26ClN3O3.